The van der Waals surface area contributed by atoms with Gasteiger partial charge < -0.3 is 5.11 Å². The number of fused-ring (bicyclic) bond motifs is 3. The van der Waals surface area contributed by atoms with Crippen LogP contribution in [0.3, 0.4) is 0 Å². The number of piperidine rings is 3. The second kappa shape index (κ2) is 6.81. The van der Waals surface area contributed by atoms with Gasteiger partial charge >= 0.3 is 0 Å². The molecule has 2 aromatic rings. The van der Waals surface area contributed by atoms with Gasteiger partial charge in [-0.3, -0.25) is 4.90 Å². The van der Waals surface area contributed by atoms with E-state index in [2.05, 4.69) is 59.2 Å². The Kier molecular flexibility index (Phi) is 4.38. The van der Waals surface area contributed by atoms with Crippen LogP contribution in [-0.2, 0) is 6.42 Å². The molecule has 3 heterocycles. The van der Waals surface area contributed by atoms with Gasteiger partial charge in [-0.2, -0.15) is 0 Å². The highest BCUT2D eigenvalue weighted by atomic mass is 16.3. The van der Waals surface area contributed by atoms with Crippen molar-refractivity contribution in [3.63, 3.8) is 0 Å². The van der Waals surface area contributed by atoms with Crippen LogP contribution < -0.4 is 0 Å². The van der Waals surface area contributed by atoms with Crippen LogP contribution in [0, 0.1) is 17.8 Å². The van der Waals surface area contributed by atoms with E-state index in [-0.39, 0.29) is 12.1 Å². The molecule has 24 heavy (non-hydrogen) atoms. The average molecular weight is 317 g/mol. The molecule has 2 unspecified atom stereocenters. The predicted octanol–water partition coefficient (Wildman–Crippen LogP) is 3.08. The van der Waals surface area contributed by atoms with Crippen molar-refractivity contribution in [2.75, 3.05) is 13.1 Å². The smallest absolute Gasteiger partial charge is 0.0983 e. The summed E-state index contributed by atoms with van der Waals surface area (Å²) in [5.74, 6) is 7.18. The van der Waals surface area contributed by atoms with Crippen LogP contribution in [0.15, 0.2) is 54.6 Å². The molecule has 3 saturated heterocycles. The minimum Gasteiger partial charge on any atom is -0.390 e. The summed E-state index contributed by atoms with van der Waals surface area (Å²) >= 11 is 0. The number of aliphatic hydroxyl groups is 1. The summed E-state index contributed by atoms with van der Waals surface area (Å²) in [6.07, 6.45) is 2.83. The summed E-state index contributed by atoms with van der Waals surface area (Å²) in [6.45, 7) is 2.15. The van der Waals surface area contributed by atoms with Gasteiger partial charge in [0, 0.05) is 5.56 Å². The first kappa shape index (κ1) is 15.4. The van der Waals surface area contributed by atoms with Gasteiger partial charge in [0.25, 0.3) is 0 Å². The maximum atomic E-state index is 10.5. The molecule has 0 aliphatic carbocycles. The van der Waals surface area contributed by atoms with Gasteiger partial charge in [0.15, 0.2) is 0 Å². The summed E-state index contributed by atoms with van der Waals surface area (Å²) in [5.41, 5.74) is 3.63. The number of aliphatic hydroxyl groups excluding tert-OH is 1. The van der Waals surface area contributed by atoms with E-state index in [1.54, 1.807) is 0 Å². The van der Waals surface area contributed by atoms with Crippen LogP contribution in [0.25, 0.3) is 0 Å². The zero-order valence-electron chi connectivity index (χ0n) is 13.9. The standard InChI is InChI=1S/C22H23NO/c24-22-19-12-14-23(15-13-19)21(22)11-10-18-8-4-5-9-20(18)16-17-6-2-1-3-7-17/h1-9,19,21-22,24H,12-16H2. The molecule has 3 fully saturated rings. The van der Waals surface area contributed by atoms with Gasteiger partial charge in [-0.05, 0) is 55.5 Å². The first-order valence-electron chi connectivity index (χ1n) is 8.87. The molecular weight excluding hydrogens is 294 g/mol. The molecule has 0 spiro atoms. The van der Waals surface area contributed by atoms with Crippen molar-refractivity contribution < 1.29 is 5.11 Å². The highest BCUT2D eigenvalue weighted by Crippen LogP contribution is 2.32. The van der Waals surface area contributed by atoms with Crippen LogP contribution in [0.2, 0.25) is 0 Å². The van der Waals surface area contributed by atoms with E-state index < -0.39 is 0 Å². The monoisotopic (exact) mass is 317 g/mol. The molecule has 3 aliphatic heterocycles. The molecule has 0 amide bonds. The second-order valence-corrected chi connectivity index (χ2v) is 6.90. The third-order valence-corrected chi connectivity index (χ3v) is 5.38. The summed E-state index contributed by atoms with van der Waals surface area (Å²) in [4.78, 5) is 2.34. The lowest BCUT2D eigenvalue weighted by molar-refractivity contribution is -0.0500. The Balaban J connectivity index is 1.58. The van der Waals surface area contributed by atoms with Gasteiger partial charge in [-0.25, -0.2) is 0 Å². The molecule has 2 atom stereocenters. The van der Waals surface area contributed by atoms with Crippen molar-refractivity contribution in [2.24, 2.45) is 5.92 Å². The van der Waals surface area contributed by atoms with E-state index >= 15 is 0 Å². The number of hydrogen-bond acceptors (Lipinski definition) is 2. The molecule has 3 aliphatic rings. The molecule has 0 saturated carbocycles. The Bertz CT molecular complexity index is 748. The predicted molar refractivity (Wildman–Crippen MR) is 96.7 cm³/mol. The van der Waals surface area contributed by atoms with Crippen LogP contribution in [0.5, 0.6) is 0 Å². The Morgan fingerprint density at radius 3 is 2.42 bits per heavy atom. The average Bonchev–Trinajstić information content (AvgIpc) is 2.64. The lowest BCUT2D eigenvalue weighted by Gasteiger charge is -2.46. The molecule has 0 aromatic heterocycles. The summed E-state index contributed by atoms with van der Waals surface area (Å²) < 4.78 is 0. The largest absolute Gasteiger partial charge is 0.390 e. The maximum Gasteiger partial charge on any atom is 0.0983 e. The summed E-state index contributed by atoms with van der Waals surface area (Å²) in [7, 11) is 0. The zero-order valence-corrected chi connectivity index (χ0v) is 13.9. The van der Waals surface area contributed by atoms with E-state index in [1.807, 2.05) is 12.1 Å². The molecule has 122 valence electrons. The second-order valence-electron chi connectivity index (χ2n) is 6.90. The SMILES string of the molecule is OC1C2CCN(CC2)C1C#Cc1ccccc1Cc1ccccc1. The third-order valence-electron chi connectivity index (χ3n) is 5.38. The quantitative estimate of drug-likeness (QED) is 0.861. The Morgan fingerprint density at radius 2 is 1.67 bits per heavy atom. The van der Waals surface area contributed by atoms with Crippen molar-refractivity contribution in [3.05, 3.63) is 71.3 Å². The summed E-state index contributed by atoms with van der Waals surface area (Å²) in [5, 5.41) is 10.5. The van der Waals surface area contributed by atoms with Gasteiger partial charge in [0.1, 0.15) is 0 Å². The highest BCUT2D eigenvalue weighted by molar-refractivity contribution is 5.44. The van der Waals surface area contributed by atoms with Crippen molar-refractivity contribution in [1.29, 1.82) is 0 Å². The van der Waals surface area contributed by atoms with Gasteiger partial charge in [0.2, 0.25) is 0 Å². The van der Waals surface area contributed by atoms with E-state index in [4.69, 9.17) is 0 Å². The van der Waals surface area contributed by atoms with Gasteiger partial charge in [-0.1, -0.05) is 60.4 Å². The number of nitrogens with zero attached hydrogens (tertiary/aromatic N) is 1. The molecule has 1 N–H and O–H groups in total. The maximum absolute atomic E-state index is 10.5. The molecule has 2 nitrogen and oxygen atoms in total. The van der Waals surface area contributed by atoms with Gasteiger partial charge in [-0.15, -0.1) is 0 Å². The number of benzene rings is 2. The molecule has 2 aromatic carbocycles. The first-order chi connectivity index (χ1) is 11.8. The molecular formula is C22H23NO. The Labute approximate surface area is 144 Å². The van der Waals surface area contributed by atoms with Crippen LogP contribution in [0.1, 0.15) is 29.5 Å². The zero-order chi connectivity index (χ0) is 16.4. The molecule has 0 radical (unpaired) electrons. The lowest BCUT2D eigenvalue weighted by atomic mass is 9.81. The molecule has 2 heteroatoms. The van der Waals surface area contributed by atoms with Crippen molar-refractivity contribution >= 4 is 0 Å². The molecule has 2 bridgehead atoms. The number of hydrogen-bond donors (Lipinski definition) is 1. The van der Waals surface area contributed by atoms with E-state index in [1.165, 1.54) is 11.1 Å². The van der Waals surface area contributed by atoms with Crippen LogP contribution >= 0.6 is 0 Å². The van der Waals surface area contributed by atoms with E-state index in [0.717, 1.165) is 37.9 Å². The van der Waals surface area contributed by atoms with E-state index in [9.17, 15) is 5.11 Å². The van der Waals surface area contributed by atoms with Crippen LogP contribution in [0.4, 0.5) is 0 Å². The lowest BCUT2D eigenvalue weighted by Crippen LogP contribution is -2.57. The first-order valence-corrected chi connectivity index (χ1v) is 8.87. The van der Waals surface area contributed by atoms with Crippen molar-refractivity contribution in [1.82, 2.24) is 4.90 Å². The Hall–Kier alpha value is -2.08. The fourth-order valence-corrected chi connectivity index (χ4v) is 3.95. The van der Waals surface area contributed by atoms with Crippen LogP contribution in [-0.4, -0.2) is 35.2 Å². The van der Waals surface area contributed by atoms with Crippen molar-refractivity contribution in [2.45, 2.75) is 31.4 Å². The normalized spacial score (nSPS) is 28.2. The van der Waals surface area contributed by atoms with E-state index in [0.29, 0.717) is 5.92 Å². The fourth-order valence-electron chi connectivity index (χ4n) is 3.95. The molecule has 5 rings (SSSR count). The van der Waals surface area contributed by atoms with Gasteiger partial charge in [0.05, 0.1) is 12.1 Å². The van der Waals surface area contributed by atoms with Crippen molar-refractivity contribution in [3.8, 4) is 11.8 Å². The Morgan fingerprint density at radius 1 is 0.958 bits per heavy atom. The fraction of sp³-hybridized carbons (Fsp3) is 0.364. The topological polar surface area (TPSA) is 23.5 Å². The highest BCUT2D eigenvalue weighted by Gasteiger charge is 2.40. The number of rotatable bonds is 2. The summed E-state index contributed by atoms with van der Waals surface area (Å²) in [6, 6.07) is 18.9. The minimum absolute atomic E-state index is 0.00211. The minimum atomic E-state index is -0.290. The third kappa shape index (κ3) is 3.11.